The predicted octanol–water partition coefficient (Wildman–Crippen LogP) is 2.09. The van der Waals surface area contributed by atoms with Crippen molar-refractivity contribution in [2.24, 2.45) is 18.0 Å². The molecule has 2 aliphatic rings. The molecule has 0 bridgehead atoms. The lowest BCUT2D eigenvalue weighted by Gasteiger charge is -2.39. The molecule has 0 spiro atoms. The molecule has 0 aromatic carbocycles. The van der Waals surface area contributed by atoms with E-state index in [-0.39, 0.29) is 30.1 Å². The Labute approximate surface area is 210 Å². The van der Waals surface area contributed by atoms with E-state index in [0.717, 1.165) is 76.4 Å². The third-order valence-electron chi connectivity index (χ3n) is 6.67. The summed E-state index contributed by atoms with van der Waals surface area (Å²) in [6.07, 6.45) is 4.85. The molecule has 0 radical (unpaired) electrons. The molecule has 10 heteroatoms. The van der Waals surface area contributed by atoms with Gasteiger partial charge in [0.2, 0.25) is 0 Å². The number of hydrogen-bond acceptors (Lipinski definition) is 6. The molecule has 2 N–H and O–H groups in total. The lowest BCUT2D eigenvalue weighted by atomic mass is 9.92. The van der Waals surface area contributed by atoms with Crippen LogP contribution in [0.15, 0.2) is 4.99 Å². The molecule has 2 unspecified atom stereocenters. The first-order valence-corrected chi connectivity index (χ1v) is 11.9. The topological polar surface area (TPSA) is 88.8 Å². The highest BCUT2D eigenvalue weighted by Gasteiger charge is 2.27. The molecule has 2 saturated heterocycles. The average molecular weight is 564 g/mol. The number of ether oxygens (including phenoxy) is 2. The van der Waals surface area contributed by atoms with Crippen LogP contribution in [0.1, 0.15) is 51.2 Å². The minimum Gasteiger partial charge on any atom is -0.379 e. The summed E-state index contributed by atoms with van der Waals surface area (Å²) in [6, 6.07) is 0.464. The lowest BCUT2D eigenvalue weighted by molar-refractivity contribution is 0.00270. The Kier molecular flexibility index (Phi) is 12.2. The fourth-order valence-corrected chi connectivity index (χ4v) is 4.47. The maximum Gasteiger partial charge on any atom is 0.191 e. The van der Waals surface area contributed by atoms with Crippen LogP contribution >= 0.6 is 24.0 Å². The van der Waals surface area contributed by atoms with Gasteiger partial charge in [0.25, 0.3) is 0 Å². The predicted molar refractivity (Wildman–Crippen MR) is 138 cm³/mol. The second kappa shape index (κ2) is 14.3. The number of aryl methyl sites for hydroxylation is 1. The van der Waals surface area contributed by atoms with Crippen molar-refractivity contribution in [2.45, 2.75) is 65.1 Å². The zero-order chi connectivity index (χ0) is 22.1. The number of morpholine rings is 1. The molecular weight excluding hydrogens is 521 g/mol. The first kappa shape index (κ1) is 27.3. The number of aliphatic imine (C=N–C) groups is 1. The van der Waals surface area contributed by atoms with Crippen LogP contribution in [0.3, 0.4) is 0 Å². The molecule has 0 saturated carbocycles. The Hall–Kier alpha value is -0.980. The van der Waals surface area contributed by atoms with Crippen molar-refractivity contribution in [1.82, 2.24) is 30.3 Å². The molecular formula is C22H42IN7O2. The second-order valence-corrected chi connectivity index (χ2v) is 8.58. The number of aromatic nitrogens is 3. The number of nitrogens with one attached hydrogen (secondary N) is 2. The van der Waals surface area contributed by atoms with Crippen LogP contribution in [-0.4, -0.2) is 83.8 Å². The molecule has 3 heterocycles. The molecule has 0 aliphatic carbocycles. The fourth-order valence-electron chi connectivity index (χ4n) is 4.47. The van der Waals surface area contributed by atoms with Gasteiger partial charge in [-0.25, -0.2) is 4.99 Å². The second-order valence-electron chi connectivity index (χ2n) is 8.58. The zero-order valence-corrected chi connectivity index (χ0v) is 22.5. The highest BCUT2D eigenvalue weighted by Crippen LogP contribution is 2.19. The largest absolute Gasteiger partial charge is 0.379 e. The van der Waals surface area contributed by atoms with Crippen LogP contribution in [0.2, 0.25) is 0 Å². The van der Waals surface area contributed by atoms with Crippen LogP contribution in [-0.2, 0) is 23.1 Å². The van der Waals surface area contributed by atoms with Crippen LogP contribution in [0.4, 0.5) is 0 Å². The Morgan fingerprint density at radius 2 is 1.91 bits per heavy atom. The molecule has 184 valence electrons. The van der Waals surface area contributed by atoms with Gasteiger partial charge in [-0.3, -0.25) is 4.90 Å². The highest BCUT2D eigenvalue weighted by molar-refractivity contribution is 14.0. The van der Waals surface area contributed by atoms with Crippen molar-refractivity contribution >= 4 is 29.9 Å². The van der Waals surface area contributed by atoms with E-state index < -0.39 is 0 Å². The van der Waals surface area contributed by atoms with Crippen molar-refractivity contribution in [2.75, 3.05) is 46.0 Å². The van der Waals surface area contributed by atoms with E-state index in [4.69, 9.17) is 14.5 Å². The molecule has 3 rings (SSSR count). The molecule has 32 heavy (non-hydrogen) atoms. The number of guanidine groups is 1. The fraction of sp³-hybridized carbons (Fsp3) is 0.864. The average Bonchev–Trinajstić information content (AvgIpc) is 3.43. The van der Waals surface area contributed by atoms with Crippen molar-refractivity contribution in [1.29, 1.82) is 0 Å². The first-order valence-electron chi connectivity index (χ1n) is 11.9. The van der Waals surface area contributed by atoms with E-state index in [2.05, 4.69) is 39.6 Å². The summed E-state index contributed by atoms with van der Waals surface area (Å²) in [5.74, 6) is 3.22. The van der Waals surface area contributed by atoms with Crippen LogP contribution in [0.25, 0.3) is 0 Å². The lowest BCUT2D eigenvalue weighted by Crippen LogP contribution is -2.53. The summed E-state index contributed by atoms with van der Waals surface area (Å²) in [6.45, 7) is 13.2. The molecule has 1 aromatic heterocycles. The van der Waals surface area contributed by atoms with Gasteiger partial charge in [-0.2, -0.15) is 0 Å². The van der Waals surface area contributed by atoms with Crippen LogP contribution in [0, 0.1) is 12.8 Å². The maximum atomic E-state index is 5.79. The van der Waals surface area contributed by atoms with Crippen molar-refractivity contribution in [3.63, 3.8) is 0 Å². The summed E-state index contributed by atoms with van der Waals surface area (Å²) in [7, 11) is 1.98. The van der Waals surface area contributed by atoms with Crippen molar-refractivity contribution in [3.05, 3.63) is 11.6 Å². The Morgan fingerprint density at radius 3 is 2.50 bits per heavy atom. The number of hydrogen-bond donors (Lipinski definition) is 2. The van der Waals surface area contributed by atoms with Gasteiger partial charge in [0, 0.05) is 45.9 Å². The summed E-state index contributed by atoms with van der Waals surface area (Å²) >= 11 is 0. The number of halogens is 1. The third kappa shape index (κ3) is 7.81. The summed E-state index contributed by atoms with van der Waals surface area (Å²) in [4.78, 5) is 7.41. The highest BCUT2D eigenvalue weighted by atomic mass is 127. The normalized spacial score (nSPS) is 20.9. The van der Waals surface area contributed by atoms with Crippen LogP contribution < -0.4 is 10.6 Å². The summed E-state index contributed by atoms with van der Waals surface area (Å²) in [5.41, 5.74) is 0. The maximum absolute atomic E-state index is 5.79. The van der Waals surface area contributed by atoms with Crippen molar-refractivity contribution in [3.8, 4) is 0 Å². The van der Waals surface area contributed by atoms with Gasteiger partial charge >= 0.3 is 0 Å². The van der Waals surface area contributed by atoms with E-state index in [9.17, 15) is 0 Å². The van der Waals surface area contributed by atoms with Crippen molar-refractivity contribution < 1.29 is 9.47 Å². The smallest absolute Gasteiger partial charge is 0.191 e. The molecule has 2 fully saturated rings. The van der Waals surface area contributed by atoms with Gasteiger partial charge in [-0.1, -0.05) is 26.7 Å². The minimum absolute atomic E-state index is 0. The molecule has 0 amide bonds. The van der Waals surface area contributed by atoms with Gasteiger partial charge in [0.05, 0.1) is 19.3 Å². The van der Waals surface area contributed by atoms with E-state index in [1.165, 1.54) is 12.8 Å². The number of nitrogens with zero attached hydrogens (tertiary/aromatic N) is 5. The Balaban J connectivity index is 0.00000363. The SMILES string of the molecule is CCC(CC)C(CNC(=NCc1nnc(C)n1C)NCC1CCCO1)N1CCOCC1.I. The van der Waals surface area contributed by atoms with E-state index >= 15 is 0 Å². The third-order valence-corrected chi connectivity index (χ3v) is 6.67. The van der Waals surface area contributed by atoms with Crippen LogP contribution in [0.5, 0.6) is 0 Å². The van der Waals surface area contributed by atoms with Gasteiger partial charge in [-0.15, -0.1) is 34.2 Å². The Morgan fingerprint density at radius 1 is 1.16 bits per heavy atom. The van der Waals surface area contributed by atoms with E-state index in [1.54, 1.807) is 0 Å². The number of rotatable bonds is 10. The van der Waals surface area contributed by atoms with Gasteiger partial charge in [0.1, 0.15) is 12.4 Å². The summed E-state index contributed by atoms with van der Waals surface area (Å²) in [5, 5.41) is 15.5. The van der Waals surface area contributed by atoms with Gasteiger partial charge in [0.15, 0.2) is 11.8 Å². The quantitative estimate of drug-likeness (QED) is 0.256. The summed E-state index contributed by atoms with van der Waals surface area (Å²) < 4.78 is 13.4. The first-order chi connectivity index (χ1) is 15.1. The van der Waals surface area contributed by atoms with Gasteiger partial charge < -0.3 is 24.7 Å². The molecule has 9 nitrogen and oxygen atoms in total. The molecule has 2 atom stereocenters. The monoisotopic (exact) mass is 563 g/mol. The van der Waals surface area contributed by atoms with Gasteiger partial charge in [-0.05, 0) is 25.7 Å². The molecule has 1 aromatic rings. The zero-order valence-electron chi connectivity index (χ0n) is 20.2. The molecule has 2 aliphatic heterocycles. The van der Waals surface area contributed by atoms with E-state index in [0.29, 0.717) is 18.5 Å². The standard InChI is InChI=1S/C22H41N7O2.HI/c1-5-18(6-2)20(29-9-12-30-13-10-29)15-24-22(23-14-19-8-7-11-31-19)25-16-21-27-26-17(3)28(21)4;/h18-20H,5-16H2,1-4H3,(H2,23,24,25);1H. The minimum atomic E-state index is 0. The van der Waals surface area contributed by atoms with E-state index in [1.807, 2.05) is 18.5 Å². The Bertz CT molecular complexity index is 684.